The summed E-state index contributed by atoms with van der Waals surface area (Å²) < 4.78 is 4.73. The Bertz CT molecular complexity index is 702. The van der Waals surface area contributed by atoms with Crippen molar-refractivity contribution >= 4 is 5.97 Å². The molecule has 0 amide bonds. The largest absolute Gasteiger partial charge is 0.468 e. The number of hydrogen-bond acceptors (Lipinski definition) is 3. The van der Waals surface area contributed by atoms with Crippen molar-refractivity contribution in [2.45, 2.75) is 0 Å². The number of carbonyl (C=O) groups is 1. The molecule has 0 atom stereocenters. The number of methoxy groups -OCH3 is 1. The van der Waals surface area contributed by atoms with Gasteiger partial charge in [0.05, 0.1) is 26.7 Å². The summed E-state index contributed by atoms with van der Waals surface area (Å²) in [7, 11) is 1.38. The average molecular weight is 317 g/mol. The summed E-state index contributed by atoms with van der Waals surface area (Å²) in [5.74, 6) is 12.0. The fourth-order valence-electron chi connectivity index (χ4n) is 1.96. The van der Waals surface area contributed by atoms with Gasteiger partial charge in [0.2, 0.25) is 0 Å². The predicted octanol–water partition coefficient (Wildman–Crippen LogP) is 2.56. The molecule has 0 spiro atoms. The van der Waals surface area contributed by atoms with Crippen molar-refractivity contribution in [2.24, 2.45) is 0 Å². The second kappa shape index (κ2) is 9.90. The van der Waals surface area contributed by atoms with Gasteiger partial charge >= 0.3 is 5.97 Å². The Morgan fingerprint density at radius 1 is 0.875 bits per heavy atom. The molecular formula is C21H19NO2. The van der Waals surface area contributed by atoms with E-state index in [2.05, 4.69) is 23.7 Å². The van der Waals surface area contributed by atoms with Crippen molar-refractivity contribution in [3.63, 3.8) is 0 Å². The second-order valence-corrected chi connectivity index (χ2v) is 5.06. The molecule has 120 valence electrons. The van der Waals surface area contributed by atoms with Gasteiger partial charge in [-0.05, 0) is 24.3 Å². The van der Waals surface area contributed by atoms with E-state index in [4.69, 9.17) is 4.74 Å². The molecule has 0 saturated carbocycles. The highest BCUT2D eigenvalue weighted by atomic mass is 16.5. The maximum absolute atomic E-state index is 11.5. The molecule has 0 aliphatic rings. The first kappa shape index (κ1) is 17.3. The van der Waals surface area contributed by atoms with Crippen molar-refractivity contribution in [3.8, 4) is 23.7 Å². The average Bonchev–Trinajstić information content (AvgIpc) is 2.63. The molecule has 0 aliphatic carbocycles. The maximum Gasteiger partial charge on any atom is 0.319 e. The van der Waals surface area contributed by atoms with Gasteiger partial charge in [0, 0.05) is 11.1 Å². The molecule has 0 saturated heterocycles. The fraction of sp³-hybridized carbons (Fsp3) is 0.190. The Hall–Kier alpha value is -3.01. The molecular weight excluding hydrogens is 298 g/mol. The molecule has 0 unspecified atom stereocenters. The molecule has 0 heterocycles. The molecule has 3 heteroatoms. The molecule has 0 radical (unpaired) electrons. The van der Waals surface area contributed by atoms with Crippen LogP contribution in [0.1, 0.15) is 11.1 Å². The van der Waals surface area contributed by atoms with Crippen molar-refractivity contribution in [1.29, 1.82) is 0 Å². The number of ether oxygens (including phenoxy) is 1. The number of esters is 1. The summed E-state index contributed by atoms with van der Waals surface area (Å²) in [6.45, 7) is 1.07. The molecule has 2 aromatic carbocycles. The second-order valence-electron chi connectivity index (χ2n) is 5.06. The van der Waals surface area contributed by atoms with Crippen LogP contribution in [0.15, 0.2) is 60.7 Å². The predicted molar refractivity (Wildman–Crippen MR) is 95.1 cm³/mol. The van der Waals surface area contributed by atoms with Crippen LogP contribution < -0.4 is 0 Å². The summed E-state index contributed by atoms with van der Waals surface area (Å²) in [5, 5.41) is 0. The third-order valence-corrected chi connectivity index (χ3v) is 3.20. The lowest BCUT2D eigenvalue weighted by Gasteiger charge is -2.14. The summed E-state index contributed by atoms with van der Waals surface area (Å²) in [5.41, 5.74) is 1.90. The van der Waals surface area contributed by atoms with Crippen molar-refractivity contribution in [3.05, 3.63) is 71.8 Å². The lowest BCUT2D eigenvalue weighted by Crippen LogP contribution is -2.31. The van der Waals surface area contributed by atoms with E-state index in [0.717, 1.165) is 11.1 Å². The first-order valence-corrected chi connectivity index (χ1v) is 7.65. The number of hydrogen-bond donors (Lipinski definition) is 0. The Morgan fingerprint density at radius 3 is 1.75 bits per heavy atom. The zero-order valence-electron chi connectivity index (χ0n) is 13.7. The molecule has 0 aromatic heterocycles. The molecule has 0 N–H and O–H groups in total. The molecule has 0 aliphatic heterocycles. The molecule has 2 aromatic rings. The topological polar surface area (TPSA) is 29.5 Å². The van der Waals surface area contributed by atoms with Gasteiger partial charge in [0.1, 0.15) is 0 Å². The van der Waals surface area contributed by atoms with Crippen LogP contribution in [-0.2, 0) is 9.53 Å². The number of rotatable bonds is 4. The third kappa shape index (κ3) is 6.40. The normalized spacial score (nSPS) is 9.42. The van der Waals surface area contributed by atoms with Crippen LogP contribution in [-0.4, -0.2) is 37.6 Å². The molecule has 0 bridgehead atoms. The number of carbonyl (C=O) groups excluding carboxylic acids is 1. The zero-order chi connectivity index (χ0) is 17.0. The van der Waals surface area contributed by atoms with Gasteiger partial charge in [-0.3, -0.25) is 9.69 Å². The molecule has 0 fully saturated rings. The summed E-state index contributed by atoms with van der Waals surface area (Å²) in [4.78, 5) is 13.4. The Labute approximate surface area is 143 Å². The van der Waals surface area contributed by atoms with E-state index in [1.807, 2.05) is 65.6 Å². The minimum Gasteiger partial charge on any atom is -0.468 e. The van der Waals surface area contributed by atoms with Gasteiger partial charge in [-0.25, -0.2) is 0 Å². The fourth-order valence-corrected chi connectivity index (χ4v) is 1.96. The maximum atomic E-state index is 11.5. The van der Waals surface area contributed by atoms with Crippen LogP contribution in [0.25, 0.3) is 0 Å². The van der Waals surface area contributed by atoms with Gasteiger partial charge in [0.25, 0.3) is 0 Å². The molecule has 2 rings (SSSR count). The van der Waals surface area contributed by atoms with Crippen LogP contribution >= 0.6 is 0 Å². The smallest absolute Gasteiger partial charge is 0.319 e. The summed E-state index contributed by atoms with van der Waals surface area (Å²) >= 11 is 0. The van der Waals surface area contributed by atoms with Gasteiger partial charge in [0.15, 0.2) is 0 Å². The lowest BCUT2D eigenvalue weighted by atomic mass is 10.2. The molecule has 3 nitrogen and oxygen atoms in total. The lowest BCUT2D eigenvalue weighted by molar-refractivity contribution is -0.141. The van der Waals surface area contributed by atoms with E-state index in [0.29, 0.717) is 13.1 Å². The number of nitrogens with zero attached hydrogens (tertiary/aromatic N) is 1. The van der Waals surface area contributed by atoms with Crippen LogP contribution in [0.4, 0.5) is 0 Å². The SMILES string of the molecule is COC(=O)CN(CC#Cc1ccccc1)CC#Cc1ccccc1. The minimum absolute atomic E-state index is 0.170. The van der Waals surface area contributed by atoms with Crippen molar-refractivity contribution < 1.29 is 9.53 Å². The highest BCUT2D eigenvalue weighted by Gasteiger charge is 2.08. The first-order chi connectivity index (χ1) is 11.8. The monoisotopic (exact) mass is 317 g/mol. The van der Waals surface area contributed by atoms with Gasteiger partial charge in [-0.1, -0.05) is 60.1 Å². The number of benzene rings is 2. The highest BCUT2D eigenvalue weighted by Crippen LogP contribution is 1.97. The van der Waals surface area contributed by atoms with Crippen LogP contribution in [0.5, 0.6) is 0 Å². The van der Waals surface area contributed by atoms with Gasteiger partial charge in [-0.2, -0.15) is 0 Å². The Balaban J connectivity index is 1.98. The van der Waals surface area contributed by atoms with E-state index in [9.17, 15) is 4.79 Å². The van der Waals surface area contributed by atoms with Crippen LogP contribution in [0, 0.1) is 23.7 Å². The summed E-state index contributed by atoms with van der Waals surface area (Å²) in [6.07, 6.45) is 0. The Morgan fingerprint density at radius 2 is 1.33 bits per heavy atom. The summed E-state index contributed by atoms with van der Waals surface area (Å²) in [6, 6.07) is 19.5. The zero-order valence-corrected chi connectivity index (χ0v) is 13.7. The quantitative estimate of drug-likeness (QED) is 0.641. The van der Waals surface area contributed by atoms with E-state index >= 15 is 0 Å². The highest BCUT2D eigenvalue weighted by molar-refractivity contribution is 5.71. The third-order valence-electron chi connectivity index (χ3n) is 3.20. The Kier molecular flexibility index (Phi) is 7.15. The van der Waals surface area contributed by atoms with E-state index in [-0.39, 0.29) is 12.5 Å². The molecule has 24 heavy (non-hydrogen) atoms. The minimum atomic E-state index is -0.293. The van der Waals surface area contributed by atoms with E-state index in [1.165, 1.54) is 7.11 Å². The van der Waals surface area contributed by atoms with Crippen LogP contribution in [0.3, 0.4) is 0 Å². The van der Waals surface area contributed by atoms with Crippen molar-refractivity contribution in [2.75, 3.05) is 26.7 Å². The van der Waals surface area contributed by atoms with Crippen LogP contribution in [0.2, 0.25) is 0 Å². The van der Waals surface area contributed by atoms with E-state index < -0.39 is 0 Å². The van der Waals surface area contributed by atoms with Gasteiger partial charge < -0.3 is 4.74 Å². The first-order valence-electron chi connectivity index (χ1n) is 7.65. The van der Waals surface area contributed by atoms with Crippen molar-refractivity contribution in [1.82, 2.24) is 4.90 Å². The van der Waals surface area contributed by atoms with E-state index in [1.54, 1.807) is 0 Å². The standard InChI is InChI=1S/C21H19NO2/c1-24-21(23)18-22(16-8-14-19-10-4-2-5-11-19)17-9-15-20-12-6-3-7-13-20/h2-7,10-13H,16-18H2,1H3. The van der Waals surface area contributed by atoms with Gasteiger partial charge in [-0.15, -0.1) is 0 Å².